The first-order valence-electron chi connectivity index (χ1n) is 5.25. The molecule has 2 aromatic rings. The fourth-order valence-corrected chi connectivity index (χ4v) is 3.62. The van der Waals surface area contributed by atoms with Crippen molar-refractivity contribution in [3.05, 3.63) is 57.7 Å². The van der Waals surface area contributed by atoms with Crippen LogP contribution in [0.3, 0.4) is 0 Å². The minimum Gasteiger partial charge on any atom is -0.379 e. The third-order valence-corrected chi connectivity index (χ3v) is 4.95. The van der Waals surface area contributed by atoms with E-state index in [1.165, 1.54) is 6.07 Å². The largest absolute Gasteiger partial charge is 0.379 e. The molecule has 0 spiro atoms. The van der Waals surface area contributed by atoms with Crippen LogP contribution < -0.4 is 4.18 Å². The lowest BCUT2D eigenvalue weighted by molar-refractivity contribution is 0.485. The van der Waals surface area contributed by atoms with Crippen molar-refractivity contribution in [3.63, 3.8) is 0 Å². The second kappa shape index (κ2) is 5.27. The van der Waals surface area contributed by atoms with Crippen molar-refractivity contribution in [2.75, 3.05) is 0 Å². The number of rotatable bonds is 3. The Kier molecular flexibility index (Phi) is 3.91. The summed E-state index contributed by atoms with van der Waals surface area (Å²) < 4.78 is 29.9. The van der Waals surface area contributed by atoms with Crippen molar-refractivity contribution in [1.29, 1.82) is 0 Å². The van der Waals surface area contributed by atoms with E-state index in [4.69, 9.17) is 4.18 Å². The number of aryl methyl sites for hydroxylation is 1. The molecular weight excluding hydrogens is 363 g/mol. The Bertz CT molecular complexity index is 648. The highest BCUT2D eigenvalue weighted by molar-refractivity contribution is 14.1. The van der Waals surface area contributed by atoms with Crippen molar-refractivity contribution in [2.45, 2.75) is 11.8 Å². The van der Waals surface area contributed by atoms with Crippen LogP contribution in [0.15, 0.2) is 53.4 Å². The van der Waals surface area contributed by atoms with Gasteiger partial charge >= 0.3 is 10.1 Å². The summed E-state index contributed by atoms with van der Waals surface area (Å²) in [6.45, 7) is 1.93. The zero-order chi connectivity index (χ0) is 13.2. The molecule has 2 aromatic carbocycles. The molecule has 0 bridgehead atoms. The molecule has 2 rings (SSSR count). The van der Waals surface area contributed by atoms with Crippen LogP contribution in [-0.2, 0) is 10.1 Å². The standard InChI is InChI=1S/C13H11IO3S/c1-10-6-8-11(9-7-10)17-18(15,16)13-5-3-2-4-12(13)14/h2-9H,1H3. The zero-order valence-electron chi connectivity index (χ0n) is 9.63. The van der Waals surface area contributed by atoms with Crippen LogP contribution in [0.5, 0.6) is 5.75 Å². The second-order valence-corrected chi connectivity index (χ2v) is 6.46. The van der Waals surface area contributed by atoms with Gasteiger partial charge in [0.2, 0.25) is 0 Å². The minimum atomic E-state index is -3.76. The molecule has 0 aromatic heterocycles. The van der Waals surface area contributed by atoms with E-state index in [9.17, 15) is 8.42 Å². The first-order valence-corrected chi connectivity index (χ1v) is 7.73. The second-order valence-electron chi connectivity index (χ2n) is 3.78. The predicted molar refractivity (Wildman–Crippen MR) is 78.2 cm³/mol. The summed E-state index contributed by atoms with van der Waals surface area (Å²) in [5.74, 6) is 0.320. The predicted octanol–water partition coefficient (Wildman–Crippen LogP) is 3.37. The van der Waals surface area contributed by atoms with E-state index in [0.29, 0.717) is 9.32 Å². The summed E-state index contributed by atoms with van der Waals surface area (Å²) in [6.07, 6.45) is 0. The van der Waals surface area contributed by atoms with Gasteiger partial charge in [-0.1, -0.05) is 29.8 Å². The summed E-state index contributed by atoms with van der Waals surface area (Å²) in [4.78, 5) is 0.186. The number of hydrogen-bond acceptors (Lipinski definition) is 3. The number of halogens is 1. The van der Waals surface area contributed by atoms with Crippen molar-refractivity contribution >= 4 is 32.7 Å². The van der Waals surface area contributed by atoms with Crippen molar-refractivity contribution < 1.29 is 12.6 Å². The van der Waals surface area contributed by atoms with Crippen LogP contribution >= 0.6 is 22.6 Å². The fraction of sp³-hybridized carbons (Fsp3) is 0.0769. The molecule has 0 saturated heterocycles. The van der Waals surface area contributed by atoms with Crippen LogP contribution in [0.4, 0.5) is 0 Å². The van der Waals surface area contributed by atoms with Gasteiger partial charge in [0.15, 0.2) is 0 Å². The molecule has 94 valence electrons. The maximum Gasteiger partial charge on any atom is 0.340 e. The first kappa shape index (κ1) is 13.4. The molecule has 0 radical (unpaired) electrons. The van der Waals surface area contributed by atoms with Gasteiger partial charge in [0, 0.05) is 3.57 Å². The van der Waals surface area contributed by atoms with E-state index >= 15 is 0 Å². The van der Waals surface area contributed by atoms with Gasteiger partial charge in [-0.3, -0.25) is 0 Å². The van der Waals surface area contributed by atoms with E-state index in [-0.39, 0.29) is 4.90 Å². The Morgan fingerprint density at radius 1 is 1.00 bits per heavy atom. The average molecular weight is 374 g/mol. The lowest BCUT2D eigenvalue weighted by Gasteiger charge is -2.08. The minimum absolute atomic E-state index is 0.186. The molecule has 0 atom stereocenters. The van der Waals surface area contributed by atoms with E-state index < -0.39 is 10.1 Å². The van der Waals surface area contributed by atoms with Crippen molar-refractivity contribution in [2.24, 2.45) is 0 Å². The summed E-state index contributed by atoms with van der Waals surface area (Å²) in [5.41, 5.74) is 1.05. The SMILES string of the molecule is Cc1ccc(OS(=O)(=O)c2ccccc2I)cc1. The molecule has 18 heavy (non-hydrogen) atoms. The molecule has 0 amide bonds. The van der Waals surface area contributed by atoms with E-state index in [1.807, 2.05) is 29.5 Å². The topological polar surface area (TPSA) is 43.4 Å². The molecule has 0 unspecified atom stereocenters. The van der Waals surface area contributed by atoms with Crippen molar-refractivity contribution in [3.8, 4) is 5.75 Å². The van der Waals surface area contributed by atoms with Crippen LogP contribution in [0.25, 0.3) is 0 Å². The van der Waals surface area contributed by atoms with Gasteiger partial charge < -0.3 is 4.18 Å². The highest BCUT2D eigenvalue weighted by Gasteiger charge is 2.19. The summed E-state index contributed by atoms with van der Waals surface area (Å²) in [5, 5.41) is 0. The Hall–Kier alpha value is -1.08. The van der Waals surface area contributed by atoms with Gasteiger partial charge in [0.1, 0.15) is 10.6 Å². The van der Waals surface area contributed by atoms with Gasteiger partial charge in [-0.05, 0) is 53.8 Å². The molecule has 0 aliphatic rings. The molecule has 0 aliphatic heterocycles. The Labute approximate surface area is 120 Å². The molecule has 5 heteroatoms. The van der Waals surface area contributed by atoms with Crippen LogP contribution in [0.1, 0.15) is 5.56 Å². The third kappa shape index (κ3) is 3.02. The van der Waals surface area contributed by atoms with Gasteiger partial charge in [-0.2, -0.15) is 8.42 Å². The van der Waals surface area contributed by atoms with Gasteiger partial charge in [-0.15, -0.1) is 0 Å². The molecular formula is C13H11IO3S. The van der Waals surface area contributed by atoms with Crippen LogP contribution in [0.2, 0.25) is 0 Å². The zero-order valence-corrected chi connectivity index (χ0v) is 12.6. The van der Waals surface area contributed by atoms with Gasteiger partial charge in [-0.25, -0.2) is 0 Å². The quantitative estimate of drug-likeness (QED) is 0.611. The number of benzene rings is 2. The highest BCUT2D eigenvalue weighted by Crippen LogP contribution is 2.22. The maximum absolute atomic E-state index is 12.1. The Morgan fingerprint density at radius 3 is 2.22 bits per heavy atom. The Balaban J connectivity index is 2.33. The normalized spacial score (nSPS) is 11.2. The average Bonchev–Trinajstić information content (AvgIpc) is 2.32. The molecule has 0 heterocycles. The molecule has 0 fully saturated rings. The third-order valence-electron chi connectivity index (χ3n) is 2.33. The fourth-order valence-electron chi connectivity index (χ4n) is 1.41. The van der Waals surface area contributed by atoms with E-state index in [1.54, 1.807) is 42.5 Å². The summed E-state index contributed by atoms with van der Waals surface area (Å²) >= 11 is 1.97. The van der Waals surface area contributed by atoms with Gasteiger partial charge in [0.05, 0.1) is 0 Å². The monoisotopic (exact) mass is 374 g/mol. The first-order chi connectivity index (χ1) is 8.49. The smallest absolute Gasteiger partial charge is 0.340 e. The summed E-state index contributed by atoms with van der Waals surface area (Å²) in [7, 11) is -3.76. The van der Waals surface area contributed by atoms with Crippen LogP contribution in [-0.4, -0.2) is 8.42 Å². The van der Waals surface area contributed by atoms with Crippen LogP contribution in [0, 0.1) is 10.5 Å². The molecule has 3 nitrogen and oxygen atoms in total. The molecule has 0 N–H and O–H groups in total. The van der Waals surface area contributed by atoms with E-state index in [2.05, 4.69) is 0 Å². The van der Waals surface area contributed by atoms with Gasteiger partial charge in [0.25, 0.3) is 0 Å². The van der Waals surface area contributed by atoms with Crippen molar-refractivity contribution in [1.82, 2.24) is 0 Å². The lowest BCUT2D eigenvalue weighted by atomic mass is 10.2. The van der Waals surface area contributed by atoms with E-state index in [0.717, 1.165) is 5.56 Å². The lowest BCUT2D eigenvalue weighted by Crippen LogP contribution is -2.11. The molecule has 0 saturated carbocycles. The number of hydrogen-bond donors (Lipinski definition) is 0. The Morgan fingerprint density at radius 2 is 1.61 bits per heavy atom. The maximum atomic E-state index is 12.1. The summed E-state index contributed by atoms with van der Waals surface area (Å²) in [6, 6.07) is 13.6. The highest BCUT2D eigenvalue weighted by atomic mass is 127. The molecule has 0 aliphatic carbocycles.